The molecular formula is C27H31N4O4P. The lowest BCUT2D eigenvalue weighted by Crippen LogP contribution is -2.57. The number of aromatic nitrogens is 3. The van der Waals surface area contributed by atoms with Crippen LogP contribution < -0.4 is 5.32 Å². The van der Waals surface area contributed by atoms with Gasteiger partial charge in [0.2, 0.25) is 0 Å². The fourth-order valence-electron chi connectivity index (χ4n) is 5.15. The molecule has 0 radical (unpaired) electrons. The number of nitrogens with one attached hydrogen (secondary N) is 1. The second kappa shape index (κ2) is 10.9. The molecule has 4 unspecified atom stereocenters. The number of likely N-dealkylation sites (N-methyl/N-ethyl adjacent to an activating group) is 1. The average molecular weight is 507 g/mol. The van der Waals surface area contributed by atoms with Gasteiger partial charge >= 0.3 is 7.60 Å². The molecule has 188 valence electrons. The van der Waals surface area contributed by atoms with E-state index < -0.39 is 36.9 Å². The van der Waals surface area contributed by atoms with E-state index in [1.165, 1.54) is 17.8 Å². The molecule has 1 heterocycles. The summed E-state index contributed by atoms with van der Waals surface area (Å²) in [6.45, 7) is 1.36. The molecule has 36 heavy (non-hydrogen) atoms. The topological polar surface area (TPSA) is 120 Å². The summed E-state index contributed by atoms with van der Waals surface area (Å²) < 4.78 is 13.8. The molecule has 8 nitrogen and oxygen atoms in total. The van der Waals surface area contributed by atoms with E-state index in [0.29, 0.717) is 0 Å². The Morgan fingerprint density at radius 2 is 1.31 bits per heavy atom. The Bertz CT molecular complexity index is 1170. The molecule has 0 fully saturated rings. The summed E-state index contributed by atoms with van der Waals surface area (Å²) in [5.41, 5.74) is 0.612. The Kier molecular flexibility index (Phi) is 7.83. The minimum absolute atomic E-state index is 0.615. The summed E-state index contributed by atoms with van der Waals surface area (Å²) in [6.07, 6.45) is 1.64. The lowest BCUT2D eigenvalue weighted by Gasteiger charge is -2.47. The predicted octanol–water partition coefficient (Wildman–Crippen LogP) is 3.37. The lowest BCUT2D eigenvalue weighted by atomic mass is 9.62. The SMILES string of the molecule is CNC(C(C(O)C(C)P(=O)(O)O)n1ccnn1)C(c1ccccc1)(c1ccccc1)c1ccccc1. The normalized spacial score (nSPS) is 15.7. The summed E-state index contributed by atoms with van der Waals surface area (Å²) in [5, 5.41) is 23.1. The van der Waals surface area contributed by atoms with Gasteiger partial charge in [0.15, 0.2) is 0 Å². The fourth-order valence-corrected chi connectivity index (χ4v) is 5.73. The third-order valence-corrected chi connectivity index (χ3v) is 8.29. The van der Waals surface area contributed by atoms with Crippen LogP contribution >= 0.6 is 7.60 Å². The van der Waals surface area contributed by atoms with Crippen molar-refractivity contribution in [2.45, 2.75) is 36.2 Å². The highest BCUT2D eigenvalue weighted by Crippen LogP contribution is 2.49. The van der Waals surface area contributed by atoms with Gasteiger partial charge in [0.25, 0.3) is 0 Å². The van der Waals surface area contributed by atoms with Crippen molar-refractivity contribution in [2.24, 2.45) is 0 Å². The van der Waals surface area contributed by atoms with Gasteiger partial charge in [-0.3, -0.25) is 4.57 Å². The number of hydrogen-bond donors (Lipinski definition) is 4. The van der Waals surface area contributed by atoms with Crippen LogP contribution in [0.3, 0.4) is 0 Å². The van der Waals surface area contributed by atoms with Gasteiger partial charge < -0.3 is 20.2 Å². The van der Waals surface area contributed by atoms with E-state index in [2.05, 4.69) is 15.6 Å². The van der Waals surface area contributed by atoms with Crippen LogP contribution in [0.4, 0.5) is 0 Å². The summed E-state index contributed by atoms with van der Waals surface area (Å²) in [5.74, 6) is 0. The minimum Gasteiger partial charge on any atom is -0.390 e. The highest BCUT2D eigenvalue weighted by molar-refractivity contribution is 7.52. The van der Waals surface area contributed by atoms with E-state index >= 15 is 0 Å². The van der Waals surface area contributed by atoms with E-state index in [4.69, 9.17) is 0 Å². The van der Waals surface area contributed by atoms with Crippen LogP contribution in [0.2, 0.25) is 0 Å². The Morgan fingerprint density at radius 3 is 1.64 bits per heavy atom. The Morgan fingerprint density at radius 1 is 0.861 bits per heavy atom. The molecule has 1 aromatic heterocycles. The van der Waals surface area contributed by atoms with Crippen LogP contribution in [0.25, 0.3) is 0 Å². The number of aliphatic hydroxyl groups is 1. The van der Waals surface area contributed by atoms with E-state index in [9.17, 15) is 19.5 Å². The highest BCUT2D eigenvalue weighted by Gasteiger charge is 2.51. The summed E-state index contributed by atoms with van der Waals surface area (Å²) in [6, 6.07) is 28.2. The van der Waals surface area contributed by atoms with Crippen molar-refractivity contribution >= 4 is 7.60 Å². The van der Waals surface area contributed by atoms with E-state index in [1.54, 1.807) is 13.2 Å². The molecule has 0 spiro atoms. The first-order chi connectivity index (χ1) is 17.3. The van der Waals surface area contributed by atoms with Crippen molar-refractivity contribution < 1.29 is 19.5 Å². The Balaban J connectivity index is 2.08. The maximum Gasteiger partial charge on any atom is 0.331 e. The maximum absolute atomic E-state index is 12.3. The molecule has 9 heteroatoms. The van der Waals surface area contributed by atoms with Crippen molar-refractivity contribution in [3.8, 4) is 0 Å². The molecule has 4 atom stereocenters. The van der Waals surface area contributed by atoms with Gasteiger partial charge in [-0.15, -0.1) is 5.10 Å². The lowest BCUT2D eigenvalue weighted by molar-refractivity contribution is 0.0644. The number of aliphatic hydroxyl groups excluding tert-OH is 1. The molecule has 0 bridgehead atoms. The summed E-state index contributed by atoms with van der Waals surface area (Å²) >= 11 is 0. The second-order valence-corrected chi connectivity index (χ2v) is 10.9. The third-order valence-electron chi connectivity index (χ3n) is 6.93. The average Bonchev–Trinajstić information content (AvgIpc) is 3.43. The molecule has 0 aliphatic rings. The summed E-state index contributed by atoms with van der Waals surface area (Å²) in [7, 11) is -2.84. The number of nitrogens with zero attached hydrogens (tertiary/aromatic N) is 3. The Labute approximate surface area is 210 Å². The van der Waals surface area contributed by atoms with Crippen molar-refractivity contribution in [1.82, 2.24) is 20.3 Å². The zero-order chi connectivity index (χ0) is 25.8. The standard InChI is InChI=1S/C27H31N4O4P/c1-20(36(33,34)35)25(32)24(31-19-18-29-30-31)26(28-2)27(21-12-6-3-7-13-21,22-14-8-4-9-15-22)23-16-10-5-11-17-23/h3-20,24-26,28,32H,1-2H3,(H2,33,34,35). The highest BCUT2D eigenvalue weighted by atomic mass is 31.2. The van der Waals surface area contributed by atoms with E-state index in [0.717, 1.165) is 16.7 Å². The minimum atomic E-state index is -4.63. The van der Waals surface area contributed by atoms with Crippen LogP contribution in [0, 0.1) is 0 Å². The molecule has 4 rings (SSSR count). The molecule has 0 amide bonds. The largest absolute Gasteiger partial charge is 0.390 e. The molecule has 0 aliphatic heterocycles. The summed E-state index contributed by atoms with van der Waals surface area (Å²) in [4.78, 5) is 20.0. The zero-order valence-corrected chi connectivity index (χ0v) is 21.1. The van der Waals surface area contributed by atoms with Gasteiger partial charge in [-0.05, 0) is 30.7 Å². The molecule has 0 aliphatic carbocycles. The van der Waals surface area contributed by atoms with Crippen molar-refractivity contribution in [3.63, 3.8) is 0 Å². The van der Waals surface area contributed by atoms with Gasteiger partial charge in [0, 0.05) is 12.2 Å². The maximum atomic E-state index is 12.3. The van der Waals surface area contributed by atoms with Crippen molar-refractivity contribution in [1.29, 1.82) is 0 Å². The van der Waals surface area contributed by atoms with Gasteiger partial charge in [0.1, 0.15) is 0 Å². The molecule has 0 saturated carbocycles. The first-order valence-electron chi connectivity index (χ1n) is 11.7. The Hall–Kier alpha value is -3.13. The monoisotopic (exact) mass is 506 g/mol. The van der Waals surface area contributed by atoms with Gasteiger partial charge in [-0.25, -0.2) is 4.68 Å². The molecular weight excluding hydrogens is 475 g/mol. The van der Waals surface area contributed by atoms with E-state index in [-0.39, 0.29) is 0 Å². The number of benzene rings is 3. The zero-order valence-electron chi connectivity index (χ0n) is 20.2. The first-order valence-corrected chi connectivity index (χ1v) is 13.4. The quantitative estimate of drug-likeness (QED) is 0.192. The fraction of sp³-hybridized carbons (Fsp3) is 0.259. The van der Waals surface area contributed by atoms with Crippen LogP contribution in [-0.2, 0) is 9.98 Å². The predicted molar refractivity (Wildman–Crippen MR) is 139 cm³/mol. The number of rotatable bonds is 10. The van der Waals surface area contributed by atoms with E-state index in [1.807, 2.05) is 91.0 Å². The van der Waals surface area contributed by atoms with Gasteiger partial charge in [0.05, 0.1) is 29.4 Å². The molecule has 4 aromatic rings. The third kappa shape index (κ3) is 4.78. The van der Waals surface area contributed by atoms with Crippen molar-refractivity contribution in [2.75, 3.05) is 7.05 Å². The van der Waals surface area contributed by atoms with Crippen LogP contribution in [0.1, 0.15) is 29.7 Å². The smallest absolute Gasteiger partial charge is 0.331 e. The second-order valence-electron chi connectivity index (χ2n) is 8.87. The number of hydrogen-bond acceptors (Lipinski definition) is 5. The van der Waals surface area contributed by atoms with Crippen molar-refractivity contribution in [3.05, 3.63) is 120 Å². The van der Waals surface area contributed by atoms with Gasteiger partial charge in [-0.2, -0.15) is 0 Å². The van der Waals surface area contributed by atoms with Crippen LogP contribution in [0.5, 0.6) is 0 Å². The molecule has 4 N–H and O–H groups in total. The molecule has 3 aromatic carbocycles. The van der Waals surface area contributed by atoms with Crippen LogP contribution in [0.15, 0.2) is 103 Å². The van der Waals surface area contributed by atoms with Gasteiger partial charge in [-0.1, -0.05) is 96.2 Å². The molecule has 0 saturated heterocycles. The first kappa shape index (κ1) is 25.9. The van der Waals surface area contributed by atoms with Crippen LogP contribution in [-0.4, -0.2) is 54.7 Å².